The first-order valence-electron chi connectivity index (χ1n) is 6.27. The minimum Gasteiger partial charge on any atom is -0.468 e. The quantitative estimate of drug-likeness (QED) is 0.857. The van der Waals surface area contributed by atoms with E-state index in [1.54, 1.807) is 6.07 Å². The van der Waals surface area contributed by atoms with Crippen LogP contribution in [-0.2, 0) is 9.53 Å². The van der Waals surface area contributed by atoms with Gasteiger partial charge in [-0.05, 0) is 29.8 Å². The van der Waals surface area contributed by atoms with Crippen molar-refractivity contribution in [2.75, 3.05) is 13.7 Å². The maximum Gasteiger partial charge on any atom is 0.314 e. The first-order valence-corrected chi connectivity index (χ1v) is 6.27. The molecule has 0 aliphatic rings. The number of methoxy groups -OCH3 is 1. The lowest BCUT2D eigenvalue weighted by atomic mass is 9.99. The number of amides is 1. The van der Waals surface area contributed by atoms with Gasteiger partial charge in [0.15, 0.2) is 5.76 Å². The number of hydrogen-bond acceptors (Lipinski definition) is 4. The fraction of sp³-hybridized carbons (Fsp3) is 0.200. The second kappa shape index (κ2) is 6.69. The highest BCUT2D eigenvalue weighted by Gasteiger charge is 2.23. The van der Waals surface area contributed by atoms with Crippen LogP contribution in [0.1, 0.15) is 22.0 Å². The maximum atomic E-state index is 12.9. The van der Waals surface area contributed by atoms with Crippen LogP contribution < -0.4 is 5.32 Å². The molecule has 0 saturated carbocycles. The van der Waals surface area contributed by atoms with Crippen molar-refractivity contribution in [1.29, 1.82) is 0 Å². The molecule has 2 aromatic rings. The number of ether oxygens (including phenoxy) is 1. The van der Waals surface area contributed by atoms with Crippen LogP contribution in [0.4, 0.5) is 4.39 Å². The number of rotatable bonds is 5. The molecular formula is C15H14FNO4. The van der Waals surface area contributed by atoms with Crippen molar-refractivity contribution in [3.05, 3.63) is 59.8 Å². The monoisotopic (exact) mass is 291 g/mol. The molecule has 1 aromatic carbocycles. The molecule has 5 nitrogen and oxygen atoms in total. The summed E-state index contributed by atoms with van der Waals surface area (Å²) < 4.78 is 22.6. The molecule has 1 heterocycles. The van der Waals surface area contributed by atoms with E-state index < -0.39 is 23.6 Å². The third-order valence-corrected chi connectivity index (χ3v) is 2.97. The molecule has 0 aliphatic carbocycles. The Hall–Kier alpha value is -2.63. The molecule has 1 N–H and O–H groups in total. The van der Waals surface area contributed by atoms with Crippen LogP contribution in [0.15, 0.2) is 47.1 Å². The van der Waals surface area contributed by atoms with Crippen molar-refractivity contribution in [3.63, 3.8) is 0 Å². The maximum absolute atomic E-state index is 12.9. The van der Waals surface area contributed by atoms with Gasteiger partial charge in [-0.2, -0.15) is 0 Å². The van der Waals surface area contributed by atoms with E-state index in [1.807, 2.05) is 0 Å². The zero-order valence-corrected chi connectivity index (χ0v) is 11.3. The van der Waals surface area contributed by atoms with Gasteiger partial charge >= 0.3 is 5.97 Å². The summed E-state index contributed by atoms with van der Waals surface area (Å²) in [5, 5.41) is 2.59. The van der Waals surface area contributed by atoms with E-state index >= 15 is 0 Å². The molecule has 6 heteroatoms. The molecule has 2 rings (SSSR count). The number of hydrogen-bond donors (Lipinski definition) is 1. The van der Waals surface area contributed by atoms with Gasteiger partial charge in [-0.1, -0.05) is 12.1 Å². The topological polar surface area (TPSA) is 68.5 Å². The summed E-state index contributed by atoms with van der Waals surface area (Å²) in [6.45, 7) is 0.0256. The van der Waals surface area contributed by atoms with Gasteiger partial charge < -0.3 is 14.5 Å². The normalized spacial score (nSPS) is 11.7. The first kappa shape index (κ1) is 14.8. The molecule has 0 bridgehead atoms. The summed E-state index contributed by atoms with van der Waals surface area (Å²) >= 11 is 0. The fourth-order valence-corrected chi connectivity index (χ4v) is 1.86. The van der Waals surface area contributed by atoms with Crippen molar-refractivity contribution in [2.45, 2.75) is 5.92 Å². The second-order valence-corrected chi connectivity index (χ2v) is 4.31. The molecule has 1 aromatic heterocycles. The number of carbonyl (C=O) groups is 2. The number of furan rings is 1. The van der Waals surface area contributed by atoms with E-state index in [1.165, 1.54) is 43.7 Å². The summed E-state index contributed by atoms with van der Waals surface area (Å²) in [5.74, 6) is -1.91. The van der Waals surface area contributed by atoms with E-state index in [0.29, 0.717) is 5.56 Å². The number of benzene rings is 1. The van der Waals surface area contributed by atoms with Crippen LogP contribution >= 0.6 is 0 Å². The van der Waals surface area contributed by atoms with Gasteiger partial charge in [0.05, 0.1) is 19.3 Å². The Morgan fingerprint density at radius 1 is 1.29 bits per heavy atom. The van der Waals surface area contributed by atoms with E-state index in [0.717, 1.165) is 0 Å². The van der Waals surface area contributed by atoms with Gasteiger partial charge in [-0.15, -0.1) is 0 Å². The number of carbonyl (C=O) groups excluding carboxylic acids is 2. The predicted octanol–water partition coefficient (Wildman–Crippen LogP) is 2.11. The molecule has 0 saturated heterocycles. The highest BCUT2D eigenvalue weighted by molar-refractivity contribution is 5.92. The highest BCUT2D eigenvalue weighted by Crippen LogP contribution is 2.17. The standard InChI is InChI=1S/C15H14FNO4/c1-20-15(19)12(10-4-6-11(16)7-5-10)9-17-14(18)13-3-2-8-21-13/h2-8,12H,9H2,1H3,(H,17,18). The minimum absolute atomic E-state index is 0.0256. The molecule has 0 radical (unpaired) electrons. The van der Waals surface area contributed by atoms with Crippen molar-refractivity contribution in [2.24, 2.45) is 0 Å². The van der Waals surface area contributed by atoms with Crippen LogP contribution in [0.2, 0.25) is 0 Å². The van der Waals surface area contributed by atoms with Crippen LogP contribution in [0.25, 0.3) is 0 Å². The van der Waals surface area contributed by atoms with Gasteiger partial charge in [-0.3, -0.25) is 9.59 Å². The Labute approximate surface area is 120 Å². The third kappa shape index (κ3) is 3.68. The molecule has 1 atom stereocenters. The zero-order chi connectivity index (χ0) is 15.2. The van der Waals surface area contributed by atoms with Crippen LogP contribution in [0, 0.1) is 5.82 Å². The smallest absolute Gasteiger partial charge is 0.314 e. The zero-order valence-electron chi connectivity index (χ0n) is 11.3. The summed E-state index contributed by atoms with van der Waals surface area (Å²) in [7, 11) is 1.26. The van der Waals surface area contributed by atoms with Crippen LogP contribution in [0.5, 0.6) is 0 Å². The number of esters is 1. The van der Waals surface area contributed by atoms with E-state index in [2.05, 4.69) is 5.32 Å². The molecule has 1 amide bonds. The Kier molecular flexibility index (Phi) is 4.71. The SMILES string of the molecule is COC(=O)C(CNC(=O)c1ccco1)c1ccc(F)cc1. The fourth-order valence-electron chi connectivity index (χ4n) is 1.86. The van der Waals surface area contributed by atoms with Crippen molar-refractivity contribution >= 4 is 11.9 Å². The number of nitrogens with one attached hydrogen (secondary N) is 1. The van der Waals surface area contributed by atoms with Gasteiger partial charge in [0.2, 0.25) is 0 Å². The van der Waals surface area contributed by atoms with Crippen molar-refractivity contribution in [3.8, 4) is 0 Å². The third-order valence-electron chi connectivity index (χ3n) is 2.97. The summed E-state index contributed by atoms with van der Waals surface area (Å²) in [6, 6.07) is 8.57. The average Bonchev–Trinajstić information content (AvgIpc) is 3.03. The first-order chi connectivity index (χ1) is 10.1. The van der Waals surface area contributed by atoms with Crippen molar-refractivity contribution in [1.82, 2.24) is 5.32 Å². The Bertz CT molecular complexity index is 607. The Morgan fingerprint density at radius 2 is 2.00 bits per heavy atom. The Balaban J connectivity index is 2.08. The predicted molar refractivity (Wildman–Crippen MR) is 72.2 cm³/mol. The Morgan fingerprint density at radius 3 is 2.57 bits per heavy atom. The minimum atomic E-state index is -0.713. The van der Waals surface area contributed by atoms with Gasteiger partial charge in [0.25, 0.3) is 5.91 Å². The van der Waals surface area contributed by atoms with Gasteiger partial charge in [0.1, 0.15) is 5.82 Å². The summed E-state index contributed by atoms with van der Waals surface area (Å²) in [6.07, 6.45) is 1.38. The number of halogens is 1. The largest absolute Gasteiger partial charge is 0.468 e. The lowest BCUT2D eigenvalue weighted by Crippen LogP contribution is -2.32. The van der Waals surface area contributed by atoms with E-state index in [4.69, 9.17) is 9.15 Å². The molecule has 21 heavy (non-hydrogen) atoms. The molecule has 0 fully saturated rings. The summed E-state index contributed by atoms with van der Waals surface area (Å²) in [5.41, 5.74) is 0.558. The lowest BCUT2D eigenvalue weighted by molar-refractivity contribution is -0.142. The average molecular weight is 291 g/mol. The molecule has 1 unspecified atom stereocenters. The highest BCUT2D eigenvalue weighted by atomic mass is 19.1. The van der Waals surface area contributed by atoms with Gasteiger partial charge in [0, 0.05) is 6.54 Å². The molecule has 0 aliphatic heterocycles. The van der Waals surface area contributed by atoms with E-state index in [9.17, 15) is 14.0 Å². The van der Waals surface area contributed by atoms with Crippen molar-refractivity contribution < 1.29 is 23.1 Å². The van der Waals surface area contributed by atoms with Crippen LogP contribution in [-0.4, -0.2) is 25.5 Å². The summed E-state index contributed by atoms with van der Waals surface area (Å²) in [4.78, 5) is 23.6. The lowest BCUT2D eigenvalue weighted by Gasteiger charge is -2.15. The second-order valence-electron chi connectivity index (χ2n) is 4.31. The van der Waals surface area contributed by atoms with E-state index in [-0.39, 0.29) is 12.3 Å². The van der Waals surface area contributed by atoms with Gasteiger partial charge in [-0.25, -0.2) is 4.39 Å². The molecule has 0 spiro atoms. The molecular weight excluding hydrogens is 277 g/mol. The van der Waals surface area contributed by atoms with Crippen LogP contribution in [0.3, 0.4) is 0 Å². The molecule has 110 valence electrons.